The summed E-state index contributed by atoms with van der Waals surface area (Å²) in [5, 5.41) is 19.6. The van der Waals surface area contributed by atoms with Crippen LogP contribution in [0.25, 0.3) is 0 Å². The number of hydrogen-bond acceptors (Lipinski definition) is 8. The average molecular weight is 495 g/mol. The fraction of sp³-hybridized carbons (Fsp3) is 0.200. The minimum absolute atomic E-state index is 0.0663. The van der Waals surface area contributed by atoms with E-state index in [9.17, 15) is 19.7 Å². The zero-order chi connectivity index (χ0) is 26.1. The standard InChI is InChI=1S/C25H26N4O7/c1-34-19-10-17(11-20(13-19)35-2)27-25(31)21-12-18(29(32)33)8-9-22(21)28-24(30)15-26-14-16-6-4-5-7-23(16)36-3/h4-13,26H,14-15H2,1-3H3,(H,27,31)(H,28,30). The van der Waals surface area contributed by atoms with E-state index >= 15 is 0 Å². The number of anilines is 2. The number of carbonyl (C=O) groups is 2. The molecule has 0 saturated carbocycles. The Morgan fingerprint density at radius 3 is 2.22 bits per heavy atom. The molecule has 0 radical (unpaired) electrons. The summed E-state index contributed by atoms with van der Waals surface area (Å²) in [5.41, 5.74) is 0.965. The van der Waals surface area contributed by atoms with Crippen LogP contribution in [0.4, 0.5) is 17.1 Å². The number of non-ortho nitro benzene ring substituents is 1. The Bertz CT molecular complexity index is 1240. The molecule has 2 amide bonds. The van der Waals surface area contributed by atoms with Crippen LogP contribution in [0.5, 0.6) is 17.2 Å². The van der Waals surface area contributed by atoms with Gasteiger partial charge in [0.1, 0.15) is 17.2 Å². The van der Waals surface area contributed by atoms with Crippen LogP contribution in [-0.4, -0.2) is 44.6 Å². The smallest absolute Gasteiger partial charge is 0.270 e. The second kappa shape index (κ2) is 12.2. The van der Waals surface area contributed by atoms with Gasteiger partial charge in [-0.25, -0.2) is 0 Å². The Morgan fingerprint density at radius 2 is 1.58 bits per heavy atom. The second-order valence-corrected chi connectivity index (χ2v) is 7.51. The van der Waals surface area contributed by atoms with E-state index in [1.165, 1.54) is 26.4 Å². The fourth-order valence-corrected chi connectivity index (χ4v) is 3.37. The molecule has 11 nitrogen and oxygen atoms in total. The van der Waals surface area contributed by atoms with Crippen molar-refractivity contribution in [2.24, 2.45) is 0 Å². The maximum Gasteiger partial charge on any atom is 0.270 e. The molecule has 0 atom stereocenters. The number of hydrogen-bond donors (Lipinski definition) is 3. The van der Waals surface area contributed by atoms with Crippen LogP contribution in [0, 0.1) is 10.1 Å². The summed E-state index contributed by atoms with van der Waals surface area (Å²) in [7, 11) is 4.50. The third kappa shape index (κ3) is 6.70. The molecule has 0 bridgehead atoms. The van der Waals surface area contributed by atoms with Gasteiger partial charge in [-0.05, 0) is 12.1 Å². The lowest BCUT2D eigenvalue weighted by atomic mass is 10.1. The van der Waals surface area contributed by atoms with Crippen LogP contribution < -0.4 is 30.2 Å². The summed E-state index contributed by atoms with van der Waals surface area (Å²) < 4.78 is 15.7. The van der Waals surface area contributed by atoms with Crippen molar-refractivity contribution in [3.05, 3.63) is 81.9 Å². The number of nitro benzene ring substituents is 1. The predicted molar refractivity (Wildman–Crippen MR) is 134 cm³/mol. The second-order valence-electron chi connectivity index (χ2n) is 7.51. The molecule has 3 rings (SSSR count). The van der Waals surface area contributed by atoms with Crippen molar-refractivity contribution in [3.8, 4) is 17.2 Å². The van der Waals surface area contributed by atoms with Crippen molar-refractivity contribution >= 4 is 28.9 Å². The van der Waals surface area contributed by atoms with Gasteiger partial charge >= 0.3 is 0 Å². The zero-order valence-corrected chi connectivity index (χ0v) is 20.0. The van der Waals surface area contributed by atoms with E-state index in [4.69, 9.17) is 14.2 Å². The van der Waals surface area contributed by atoms with E-state index in [2.05, 4.69) is 16.0 Å². The van der Waals surface area contributed by atoms with Crippen molar-refractivity contribution in [2.75, 3.05) is 38.5 Å². The van der Waals surface area contributed by atoms with Gasteiger partial charge in [-0.1, -0.05) is 18.2 Å². The SMILES string of the molecule is COc1cc(NC(=O)c2cc([N+](=O)[O-])ccc2NC(=O)CNCc2ccccc2OC)cc(OC)c1. The molecule has 36 heavy (non-hydrogen) atoms. The highest BCUT2D eigenvalue weighted by molar-refractivity contribution is 6.10. The van der Waals surface area contributed by atoms with Crippen molar-refractivity contribution in [2.45, 2.75) is 6.54 Å². The average Bonchev–Trinajstić information content (AvgIpc) is 2.88. The molecule has 188 valence electrons. The molecule has 0 aliphatic carbocycles. The molecule has 0 aliphatic rings. The van der Waals surface area contributed by atoms with Gasteiger partial charge in [0.25, 0.3) is 11.6 Å². The molecule has 3 N–H and O–H groups in total. The lowest BCUT2D eigenvalue weighted by Gasteiger charge is -2.14. The monoisotopic (exact) mass is 494 g/mol. The number of methoxy groups -OCH3 is 3. The van der Waals surface area contributed by atoms with Gasteiger partial charge in [-0.2, -0.15) is 0 Å². The van der Waals surface area contributed by atoms with Crippen LogP contribution in [0.1, 0.15) is 15.9 Å². The predicted octanol–water partition coefficient (Wildman–Crippen LogP) is 3.60. The highest BCUT2D eigenvalue weighted by Crippen LogP contribution is 2.28. The van der Waals surface area contributed by atoms with Gasteiger partial charge in [-0.15, -0.1) is 0 Å². The minimum Gasteiger partial charge on any atom is -0.497 e. The summed E-state index contributed by atoms with van der Waals surface area (Å²) in [6.07, 6.45) is 0. The molecule has 0 spiro atoms. The Hall–Kier alpha value is -4.64. The number of amides is 2. The maximum absolute atomic E-state index is 13.1. The largest absolute Gasteiger partial charge is 0.497 e. The lowest BCUT2D eigenvalue weighted by Crippen LogP contribution is -2.28. The summed E-state index contributed by atoms with van der Waals surface area (Å²) in [6.45, 7) is 0.311. The topological polar surface area (TPSA) is 141 Å². The number of benzene rings is 3. The van der Waals surface area contributed by atoms with E-state index in [1.807, 2.05) is 24.3 Å². The number of nitro groups is 1. The first-order chi connectivity index (χ1) is 17.3. The Morgan fingerprint density at radius 1 is 0.889 bits per heavy atom. The molecule has 0 aliphatic heterocycles. The minimum atomic E-state index is -0.661. The summed E-state index contributed by atoms with van der Waals surface area (Å²) in [4.78, 5) is 36.3. The molecule has 0 heterocycles. The first kappa shape index (κ1) is 26.0. The molecule has 3 aromatic rings. The van der Waals surface area contributed by atoms with Crippen LogP contribution in [0.2, 0.25) is 0 Å². The van der Waals surface area contributed by atoms with Gasteiger partial charge in [-0.3, -0.25) is 19.7 Å². The van der Waals surface area contributed by atoms with Crippen LogP contribution >= 0.6 is 0 Å². The molecular formula is C25H26N4O7. The fourth-order valence-electron chi connectivity index (χ4n) is 3.37. The molecular weight excluding hydrogens is 468 g/mol. The Kier molecular flexibility index (Phi) is 8.79. The van der Waals surface area contributed by atoms with E-state index in [1.54, 1.807) is 25.3 Å². The highest BCUT2D eigenvalue weighted by atomic mass is 16.6. The van der Waals surface area contributed by atoms with Crippen molar-refractivity contribution < 1.29 is 28.7 Å². The third-order valence-corrected chi connectivity index (χ3v) is 5.14. The van der Waals surface area contributed by atoms with E-state index in [0.717, 1.165) is 11.6 Å². The third-order valence-electron chi connectivity index (χ3n) is 5.14. The van der Waals surface area contributed by atoms with E-state index < -0.39 is 16.7 Å². The Balaban J connectivity index is 1.75. The number of ether oxygens (including phenoxy) is 3. The number of carbonyl (C=O) groups excluding carboxylic acids is 2. The van der Waals surface area contributed by atoms with Gasteiger partial charge < -0.3 is 30.2 Å². The number of nitrogens with zero attached hydrogens (tertiary/aromatic N) is 1. The Labute approximate surface area is 207 Å². The number of para-hydroxylation sites is 1. The van der Waals surface area contributed by atoms with E-state index in [-0.39, 0.29) is 23.5 Å². The van der Waals surface area contributed by atoms with Gasteiger partial charge in [0.05, 0.1) is 44.0 Å². The van der Waals surface area contributed by atoms with Crippen molar-refractivity contribution in [1.29, 1.82) is 0 Å². The highest BCUT2D eigenvalue weighted by Gasteiger charge is 2.19. The molecule has 0 fully saturated rings. The molecule has 0 aromatic heterocycles. The molecule has 3 aromatic carbocycles. The lowest BCUT2D eigenvalue weighted by molar-refractivity contribution is -0.384. The van der Waals surface area contributed by atoms with Crippen LogP contribution in [0.15, 0.2) is 60.7 Å². The summed E-state index contributed by atoms with van der Waals surface area (Å²) in [5.74, 6) is 0.479. The quantitative estimate of drug-likeness (QED) is 0.271. The normalized spacial score (nSPS) is 10.3. The number of rotatable bonds is 11. The molecule has 11 heteroatoms. The molecule has 0 unspecified atom stereocenters. The van der Waals surface area contributed by atoms with Gasteiger partial charge in [0.2, 0.25) is 5.91 Å². The summed E-state index contributed by atoms with van der Waals surface area (Å²) in [6, 6.07) is 15.8. The number of nitrogens with one attached hydrogen (secondary N) is 3. The zero-order valence-electron chi connectivity index (χ0n) is 20.0. The van der Waals surface area contributed by atoms with Crippen molar-refractivity contribution in [1.82, 2.24) is 5.32 Å². The van der Waals surface area contributed by atoms with Gasteiger partial charge in [0.15, 0.2) is 0 Å². The maximum atomic E-state index is 13.1. The molecule has 0 saturated heterocycles. The first-order valence-electron chi connectivity index (χ1n) is 10.8. The van der Waals surface area contributed by atoms with Gasteiger partial charge in [0, 0.05) is 48.1 Å². The van der Waals surface area contributed by atoms with Crippen molar-refractivity contribution in [3.63, 3.8) is 0 Å². The van der Waals surface area contributed by atoms with E-state index in [0.29, 0.717) is 29.5 Å². The first-order valence-corrected chi connectivity index (χ1v) is 10.8. The van der Waals surface area contributed by atoms with Crippen LogP contribution in [-0.2, 0) is 11.3 Å². The summed E-state index contributed by atoms with van der Waals surface area (Å²) >= 11 is 0. The van der Waals surface area contributed by atoms with Crippen LogP contribution in [0.3, 0.4) is 0 Å².